The normalized spacial score (nSPS) is 11.1. The van der Waals surface area contributed by atoms with Gasteiger partial charge in [0.1, 0.15) is 0 Å². The molecule has 10 heteroatoms. The van der Waals surface area contributed by atoms with Crippen molar-refractivity contribution in [2.45, 2.75) is 32.9 Å². The highest BCUT2D eigenvalue weighted by Crippen LogP contribution is 2.22. The Bertz CT molecular complexity index is 1370. The van der Waals surface area contributed by atoms with Gasteiger partial charge in [-0.05, 0) is 38.5 Å². The summed E-state index contributed by atoms with van der Waals surface area (Å²) < 4.78 is 3.43. The Kier molecular flexibility index (Phi) is 6.10. The molecule has 1 amide bonds. The number of nitrogens with zero attached hydrogens (tertiary/aromatic N) is 7. The Balaban J connectivity index is 1.48. The number of nitriles is 1. The lowest BCUT2D eigenvalue weighted by Crippen LogP contribution is -2.24. The van der Waals surface area contributed by atoms with E-state index in [0.29, 0.717) is 28.3 Å². The number of amides is 1. The fourth-order valence-corrected chi connectivity index (χ4v) is 3.27. The van der Waals surface area contributed by atoms with Crippen LogP contribution < -0.4 is 10.6 Å². The number of carbonyl (C=O) groups excluding carboxylic acids is 1. The van der Waals surface area contributed by atoms with Crippen molar-refractivity contribution in [2.75, 3.05) is 5.32 Å². The highest BCUT2D eigenvalue weighted by Gasteiger charge is 2.17. The van der Waals surface area contributed by atoms with Crippen molar-refractivity contribution in [3.8, 4) is 17.3 Å². The molecule has 0 saturated carbocycles. The molecule has 3 aromatic heterocycles. The van der Waals surface area contributed by atoms with Gasteiger partial charge in [0.25, 0.3) is 5.91 Å². The number of carbonyl (C=O) groups is 1. The fraction of sp³-hybridized carbons (Fsp3) is 0.250. The molecule has 0 aliphatic carbocycles. The van der Waals surface area contributed by atoms with E-state index in [1.807, 2.05) is 46.1 Å². The second kappa shape index (κ2) is 9.15. The summed E-state index contributed by atoms with van der Waals surface area (Å²) in [5.74, 6) is 0.182. The van der Waals surface area contributed by atoms with E-state index in [-0.39, 0.29) is 18.0 Å². The zero-order valence-electron chi connectivity index (χ0n) is 19.4. The van der Waals surface area contributed by atoms with Crippen LogP contribution in [0.15, 0.2) is 55.2 Å². The molecule has 10 nitrogen and oxygen atoms in total. The third kappa shape index (κ3) is 5.10. The molecule has 0 aliphatic rings. The number of hydrogen-bond acceptors (Lipinski definition) is 7. The second-order valence-corrected chi connectivity index (χ2v) is 8.80. The predicted octanol–water partition coefficient (Wildman–Crippen LogP) is 3.37. The monoisotopic (exact) mass is 455 g/mol. The molecule has 1 aromatic carbocycles. The second-order valence-electron chi connectivity index (χ2n) is 8.80. The summed E-state index contributed by atoms with van der Waals surface area (Å²) in [4.78, 5) is 21.3. The third-order valence-electron chi connectivity index (χ3n) is 5.11. The van der Waals surface area contributed by atoms with Gasteiger partial charge in [-0.15, -0.1) is 0 Å². The topological polar surface area (TPSA) is 126 Å². The average Bonchev–Trinajstić information content (AvgIpc) is 3.47. The lowest BCUT2D eigenvalue weighted by molar-refractivity contribution is 0.0950. The Labute approximate surface area is 197 Å². The van der Waals surface area contributed by atoms with Crippen molar-refractivity contribution in [1.29, 1.82) is 5.26 Å². The number of anilines is 2. The summed E-state index contributed by atoms with van der Waals surface area (Å²) in [5, 5.41) is 24.0. The third-order valence-corrected chi connectivity index (χ3v) is 5.11. The Morgan fingerprint density at radius 1 is 1.15 bits per heavy atom. The first kappa shape index (κ1) is 22.7. The molecular formula is C24H25N9O. The predicted molar refractivity (Wildman–Crippen MR) is 127 cm³/mol. The molecule has 3 heterocycles. The molecule has 0 atom stereocenters. The molecule has 0 saturated heterocycles. The van der Waals surface area contributed by atoms with Crippen LogP contribution >= 0.6 is 0 Å². The van der Waals surface area contributed by atoms with E-state index in [0.717, 1.165) is 11.3 Å². The van der Waals surface area contributed by atoms with E-state index in [1.54, 1.807) is 46.3 Å². The van der Waals surface area contributed by atoms with Gasteiger partial charge >= 0.3 is 0 Å². The van der Waals surface area contributed by atoms with E-state index in [9.17, 15) is 10.1 Å². The van der Waals surface area contributed by atoms with Crippen LogP contribution in [0.5, 0.6) is 0 Å². The van der Waals surface area contributed by atoms with Gasteiger partial charge in [0.15, 0.2) is 0 Å². The first-order chi connectivity index (χ1) is 16.2. The maximum atomic E-state index is 12.6. The minimum Gasteiger partial charge on any atom is -0.348 e. The maximum Gasteiger partial charge on any atom is 0.254 e. The van der Waals surface area contributed by atoms with Crippen LogP contribution in [0.25, 0.3) is 11.3 Å². The number of benzene rings is 1. The van der Waals surface area contributed by atoms with Crippen molar-refractivity contribution in [2.24, 2.45) is 7.05 Å². The van der Waals surface area contributed by atoms with E-state index >= 15 is 0 Å². The first-order valence-corrected chi connectivity index (χ1v) is 10.7. The molecule has 0 unspecified atom stereocenters. The summed E-state index contributed by atoms with van der Waals surface area (Å²) in [6, 6.07) is 9.44. The quantitative estimate of drug-likeness (QED) is 0.456. The molecule has 0 aliphatic heterocycles. The highest BCUT2D eigenvalue weighted by atomic mass is 16.1. The molecule has 4 aromatic rings. The average molecular weight is 456 g/mol. The zero-order valence-corrected chi connectivity index (χ0v) is 19.4. The number of hydrogen-bond donors (Lipinski definition) is 2. The molecule has 2 N–H and O–H groups in total. The standard InChI is InChI=1S/C24H25N9O/c1-24(2,3)33-14-19(12-29-33)22(34)27-11-17-6-5-16(9-18(17)10-25)21-7-8-26-23(31-21)30-20-13-28-32(4)15-20/h5-9,12-15H,11H2,1-4H3,(H,27,34)(H,26,30,31). The molecular weight excluding hydrogens is 430 g/mol. The van der Waals surface area contributed by atoms with Crippen molar-refractivity contribution in [3.63, 3.8) is 0 Å². The van der Waals surface area contributed by atoms with Gasteiger partial charge in [-0.25, -0.2) is 9.97 Å². The summed E-state index contributed by atoms with van der Waals surface area (Å²) >= 11 is 0. The maximum absolute atomic E-state index is 12.6. The lowest BCUT2D eigenvalue weighted by Gasteiger charge is -2.18. The van der Waals surface area contributed by atoms with Gasteiger partial charge in [-0.3, -0.25) is 14.2 Å². The smallest absolute Gasteiger partial charge is 0.254 e. The van der Waals surface area contributed by atoms with Crippen molar-refractivity contribution >= 4 is 17.5 Å². The summed E-state index contributed by atoms with van der Waals surface area (Å²) in [6.07, 6.45) is 8.41. The first-order valence-electron chi connectivity index (χ1n) is 10.7. The van der Waals surface area contributed by atoms with Crippen LogP contribution in [0.4, 0.5) is 11.6 Å². The van der Waals surface area contributed by atoms with Crippen LogP contribution in [0.2, 0.25) is 0 Å². The molecule has 0 radical (unpaired) electrons. The van der Waals surface area contributed by atoms with Gasteiger partial charge in [-0.1, -0.05) is 12.1 Å². The molecule has 0 bridgehead atoms. The van der Waals surface area contributed by atoms with E-state index in [2.05, 4.69) is 36.9 Å². The summed E-state index contributed by atoms with van der Waals surface area (Å²) in [5.41, 5.74) is 3.65. The van der Waals surface area contributed by atoms with Gasteiger partial charge < -0.3 is 10.6 Å². The Morgan fingerprint density at radius 2 is 1.97 bits per heavy atom. The molecule has 4 rings (SSSR count). The lowest BCUT2D eigenvalue weighted by atomic mass is 10.0. The minimum atomic E-state index is -0.245. The SMILES string of the molecule is Cn1cc(Nc2nccc(-c3ccc(CNC(=O)c4cnn(C(C)(C)C)c4)c(C#N)c3)n2)cn1. The number of rotatable bonds is 6. The highest BCUT2D eigenvalue weighted by molar-refractivity contribution is 5.93. The fourth-order valence-electron chi connectivity index (χ4n) is 3.27. The van der Waals surface area contributed by atoms with Crippen LogP contribution in [0.1, 0.15) is 42.3 Å². The number of nitrogens with one attached hydrogen (secondary N) is 2. The van der Waals surface area contributed by atoms with Gasteiger partial charge in [-0.2, -0.15) is 15.5 Å². The van der Waals surface area contributed by atoms with Crippen LogP contribution in [-0.4, -0.2) is 35.4 Å². The van der Waals surface area contributed by atoms with E-state index in [4.69, 9.17) is 0 Å². The largest absolute Gasteiger partial charge is 0.348 e. The van der Waals surface area contributed by atoms with Crippen molar-refractivity contribution in [1.82, 2.24) is 34.8 Å². The molecule has 34 heavy (non-hydrogen) atoms. The van der Waals surface area contributed by atoms with Crippen LogP contribution in [0.3, 0.4) is 0 Å². The molecule has 0 fully saturated rings. The van der Waals surface area contributed by atoms with Gasteiger partial charge in [0.2, 0.25) is 5.95 Å². The Morgan fingerprint density at radius 3 is 2.65 bits per heavy atom. The van der Waals surface area contributed by atoms with Gasteiger partial charge in [0.05, 0.1) is 46.5 Å². The Hall–Kier alpha value is -4.52. The number of aryl methyl sites for hydroxylation is 1. The zero-order chi connectivity index (χ0) is 24.3. The van der Waals surface area contributed by atoms with E-state index < -0.39 is 0 Å². The summed E-state index contributed by atoms with van der Waals surface area (Å²) in [7, 11) is 1.83. The molecule has 172 valence electrons. The molecule has 0 spiro atoms. The minimum absolute atomic E-state index is 0.212. The number of aromatic nitrogens is 6. The van der Waals surface area contributed by atoms with Gasteiger partial charge in [0, 0.05) is 37.7 Å². The van der Waals surface area contributed by atoms with E-state index in [1.165, 1.54) is 0 Å². The van der Waals surface area contributed by atoms with Crippen LogP contribution in [0, 0.1) is 11.3 Å². The van der Waals surface area contributed by atoms with Crippen LogP contribution in [-0.2, 0) is 19.1 Å². The summed E-state index contributed by atoms with van der Waals surface area (Å²) in [6.45, 7) is 6.26. The van der Waals surface area contributed by atoms with Crippen molar-refractivity contribution in [3.05, 3.63) is 71.9 Å². The van der Waals surface area contributed by atoms with Crippen molar-refractivity contribution < 1.29 is 4.79 Å².